The molecule has 1 unspecified atom stereocenters. The van der Waals surface area contributed by atoms with Gasteiger partial charge in [-0.25, -0.2) is 9.97 Å². The van der Waals surface area contributed by atoms with E-state index in [9.17, 15) is 0 Å². The highest BCUT2D eigenvalue weighted by atomic mass is 16.5. The molecule has 1 fully saturated rings. The Morgan fingerprint density at radius 3 is 3.07 bits per heavy atom. The average molecular weight is 358 g/mol. The molecule has 5 rings (SSSR count). The van der Waals surface area contributed by atoms with Crippen molar-refractivity contribution in [2.75, 3.05) is 19.7 Å². The smallest absolute Gasteiger partial charge is 0.145 e. The van der Waals surface area contributed by atoms with Crippen molar-refractivity contribution >= 4 is 16.6 Å². The summed E-state index contributed by atoms with van der Waals surface area (Å²) in [7, 11) is 0. The number of benzene rings is 1. The summed E-state index contributed by atoms with van der Waals surface area (Å²) in [5.41, 5.74) is 4.93. The normalized spacial score (nSPS) is 17.0. The molecule has 1 aromatic carbocycles. The molecule has 1 aliphatic rings. The molecule has 1 atom stereocenters. The Hall–Kier alpha value is -2.92. The monoisotopic (exact) mass is 358 g/mol. The van der Waals surface area contributed by atoms with E-state index in [0.717, 1.165) is 53.4 Å². The molecule has 0 amide bonds. The quantitative estimate of drug-likeness (QED) is 0.602. The van der Waals surface area contributed by atoms with Crippen LogP contribution in [0.15, 0.2) is 54.9 Å². The molecule has 5 heteroatoms. The number of imidazole rings is 1. The summed E-state index contributed by atoms with van der Waals surface area (Å²) in [6.45, 7) is 4.92. The SMILES string of the molecule is Cc1ccn2c(-c3ccc4cccc(OCC5CCNC5)c4n3)cnc2c1. The molecule has 3 aromatic heterocycles. The van der Waals surface area contributed by atoms with Crippen molar-refractivity contribution < 1.29 is 4.74 Å². The van der Waals surface area contributed by atoms with Crippen molar-refractivity contribution in [3.05, 3.63) is 60.4 Å². The molecule has 1 aliphatic heterocycles. The fourth-order valence-corrected chi connectivity index (χ4v) is 3.72. The first kappa shape index (κ1) is 16.3. The molecule has 0 radical (unpaired) electrons. The van der Waals surface area contributed by atoms with E-state index in [-0.39, 0.29) is 0 Å². The third-order valence-electron chi connectivity index (χ3n) is 5.25. The zero-order chi connectivity index (χ0) is 18.2. The first-order chi connectivity index (χ1) is 13.3. The molecule has 136 valence electrons. The van der Waals surface area contributed by atoms with Gasteiger partial charge in [0.05, 0.1) is 24.2 Å². The first-order valence-corrected chi connectivity index (χ1v) is 9.45. The number of fused-ring (bicyclic) bond motifs is 2. The lowest BCUT2D eigenvalue weighted by atomic mass is 10.1. The van der Waals surface area contributed by atoms with Crippen LogP contribution in [-0.4, -0.2) is 34.1 Å². The van der Waals surface area contributed by atoms with Gasteiger partial charge < -0.3 is 10.1 Å². The van der Waals surface area contributed by atoms with Crippen LogP contribution in [0.5, 0.6) is 5.75 Å². The second-order valence-corrected chi connectivity index (χ2v) is 7.27. The largest absolute Gasteiger partial charge is 0.491 e. The number of aryl methyl sites for hydroxylation is 1. The number of para-hydroxylation sites is 1. The average Bonchev–Trinajstić information content (AvgIpc) is 3.35. The van der Waals surface area contributed by atoms with Gasteiger partial charge >= 0.3 is 0 Å². The van der Waals surface area contributed by atoms with Crippen LogP contribution in [0.2, 0.25) is 0 Å². The van der Waals surface area contributed by atoms with Crippen LogP contribution < -0.4 is 10.1 Å². The number of hydrogen-bond acceptors (Lipinski definition) is 4. The zero-order valence-corrected chi connectivity index (χ0v) is 15.4. The first-order valence-electron chi connectivity index (χ1n) is 9.45. The Balaban J connectivity index is 1.54. The van der Waals surface area contributed by atoms with E-state index in [1.54, 1.807) is 0 Å². The molecule has 4 heterocycles. The van der Waals surface area contributed by atoms with E-state index >= 15 is 0 Å². The van der Waals surface area contributed by atoms with Crippen molar-refractivity contribution in [2.24, 2.45) is 5.92 Å². The predicted molar refractivity (Wildman–Crippen MR) is 107 cm³/mol. The second kappa shape index (κ2) is 6.67. The van der Waals surface area contributed by atoms with Crippen LogP contribution in [0.1, 0.15) is 12.0 Å². The van der Waals surface area contributed by atoms with Crippen LogP contribution in [0, 0.1) is 12.8 Å². The summed E-state index contributed by atoms with van der Waals surface area (Å²) in [5, 5.41) is 4.48. The maximum Gasteiger partial charge on any atom is 0.145 e. The van der Waals surface area contributed by atoms with E-state index < -0.39 is 0 Å². The van der Waals surface area contributed by atoms with Crippen molar-refractivity contribution in [3.63, 3.8) is 0 Å². The van der Waals surface area contributed by atoms with E-state index in [1.165, 1.54) is 12.0 Å². The van der Waals surface area contributed by atoms with Gasteiger partial charge in [-0.2, -0.15) is 0 Å². The second-order valence-electron chi connectivity index (χ2n) is 7.27. The zero-order valence-electron chi connectivity index (χ0n) is 15.4. The number of pyridine rings is 2. The molecule has 0 spiro atoms. The van der Waals surface area contributed by atoms with Gasteiger partial charge in [0.25, 0.3) is 0 Å². The highest BCUT2D eigenvalue weighted by Gasteiger charge is 2.16. The fraction of sp³-hybridized carbons (Fsp3) is 0.273. The minimum absolute atomic E-state index is 0.574. The minimum Gasteiger partial charge on any atom is -0.491 e. The van der Waals surface area contributed by atoms with E-state index in [1.807, 2.05) is 24.5 Å². The molecule has 0 aliphatic carbocycles. The molecule has 1 saturated heterocycles. The Kier molecular flexibility index (Phi) is 4.02. The summed E-state index contributed by atoms with van der Waals surface area (Å²) < 4.78 is 8.23. The summed E-state index contributed by atoms with van der Waals surface area (Å²) in [5.74, 6) is 1.43. The van der Waals surface area contributed by atoms with E-state index in [0.29, 0.717) is 5.92 Å². The van der Waals surface area contributed by atoms with Gasteiger partial charge in [0.2, 0.25) is 0 Å². The Labute approximate surface area is 158 Å². The molecular weight excluding hydrogens is 336 g/mol. The Morgan fingerprint density at radius 1 is 1.22 bits per heavy atom. The van der Waals surface area contributed by atoms with Crippen LogP contribution >= 0.6 is 0 Å². The standard InChI is InChI=1S/C22H22N4O/c1-15-8-10-26-19(13-24-21(26)11-15)18-6-5-17-3-2-4-20(22(17)25-18)27-14-16-7-9-23-12-16/h2-6,8,10-11,13,16,23H,7,9,12,14H2,1H3. The van der Waals surface area contributed by atoms with Crippen molar-refractivity contribution in [2.45, 2.75) is 13.3 Å². The lowest BCUT2D eigenvalue weighted by Crippen LogP contribution is -2.15. The highest BCUT2D eigenvalue weighted by molar-refractivity contribution is 5.86. The minimum atomic E-state index is 0.574. The number of ether oxygens (including phenoxy) is 1. The van der Waals surface area contributed by atoms with Crippen LogP contribution in [0.4, 0.5) is 0 Å². The van der Waals surface area contributed by atoms with Gasteiger partial charge in [-0.15, -0.1) is 0 Å². The highest BCUT2D eigenvalue weighted by Crippen LogP contribution is 2.28. The van der Waals surface area contributed by atoms with Crippen LogP contribution in [0.25, 0.3) is 27.9 Å². The topological polar surface area (TPSA) is 51.5 Å². The lowest BCUT2D eigenvalue weighted by molar-refractivity contribution is 0.262. The lowest BCUT2D eigenvalue weighted by Gasteiger charge is -2.13. The van der Waals surface area contributed by atoms with Gasteiger partial charge in [-0.05, 0) is 49.7 Å². The van der Waals surface area contributed by atoms with Gasteiger partial charge in [0.1, 0.15) is 16.9 Å². The number of nitrogens with one attached hydrogen (secondary N) is 1. The molecule has 27 heavy (non-hydrogen) atoms. The third-order valence-corrected chi connectivity index (χ3v) is 5.25. The van der Waals surface area contributed by atoms with Gasteiger partial charge in [0, 0.05) is 24.0 Å². The van der Waals surface area contributed by atoms with E-state index in [4.69, 9.17) is 9.72 Å². The maximum absolute atomic E-state index is 6.15. The number of rotatable bonds is 4. The number of hydrogen-bond donors (Lipinski definition) is 1. The maximum atomic E-state index is 6.15. The molecule has 0 saturated carbocycles. The molecule has 4 aromatic rings. The van der Waals surface area contributed by atoms with Gasteiger partial charge in [-0.3, -0.25) is 4.40 Å². The predicted octanol–water partition coefficient (Wildman–Crippen LogP) is 3.85. The summed E-state index contributed by atoms with van der Waals surface area (Å²) in [4.78, 5) is 9.47. The molecule has 5 nitrogen and oxygen atoms in total. The van der Waals surface area contributed by atoms with Crippen LogP contribution in [-0.2, 0) is 0 Å². The molecule has 0 bridgehead atoms. The van der Waals surface area contributed by atoms with Crippen LogP contribution in [0.3, 0.4) is 0 Å². The Bertz CT molecular complexity index is 1110. The van der Waals surface area contributed by atoms with Crippen molar-refractivity contribution in [1.29, 1.82) is 0 Å². The summed E-state index contributed by atoms with van der Waals surface area (Å²) in [6, 6.07) is 14.4. The Morgan fingerprint density at radius 2 is 2.19 bits per heavy atom. The number of nitrogens with zero attached hydrogens (tertiary/aromatic N) is 3. The van der Waals surface area contributed by atoms with Crippen molar-refractivity contribution in [3.8, 4) is 17.1 Å². The van der Waals surface area contributed by atoms with Gasteiger partial charge in [-0.1, -0.05) is 18.2 Å². The van der Waals surface area contributed by atoms with Gasteiger partial charge in [0.15, 0.2) is 0 Å². The van der Waals surface area contributed by atoms with Crippen molar-refractivity contribution in [1.82, 2.24) is 19.7 Å². The fourth-order valence-electron chi connectivity index (χ4n) is 3.72. The summed E-state index contributed by atoms with van der Waals surface area (Å²) >= 11 is 0. The molecule has 1 N–H and O–H groups in total. The number of aromatic nitrogens is 3. The molecular formula is C22H22N4O. The van der Waals surface area contributed by atoms with E-state index in [2.05, 4.69) is 52.0 Å². The third kappa shape index (κ3) is 3.04. The summed E-state index contributed by atoms with van der Waals surface area (Å²) in [6.07, 6.45) is 5.11.